The maximum absolute atomic E-state index is 11.8. The van der Waals surface area contributed by atoms with Gasteiger partial charge in [0.05, 0.1) is 12.5 Å². The Balaban J connectivity index is 1.84. The van der Waals surface area contributed by atoms with Crippen LogP contribution in [0, 0.1) is 5.92 Å². The fourth-order valence-corrected chi connectivity index (χ4v) is 2.55. The lowest BCUT2D eigenvalue weighted by Crippen LogP contribution is -2.40. The molecule has 3 atom stereocenters. The van der Waals surface area contributed by atoms with Crippen molar-refractivity contribution in [1.29, 1.82) is 0 Å². The molecule has 0 aromatic rings. The molecule has 2 rings (SSSR count). The number of likely N-dealkylation sites (tertiary alicyclic amines) is 1. The lowest BCUT2D eigenvalue weighted by atomic mass is 10.2. The Morgan fingerprint density at radius 2 is 2.12 bits per heavy atom. The van der Waals surface area contributed by atoms with Gasteiger partial charge >= 0.3 is 0 Å². The fourth-order valence-electron chi connectivity index (χ4n) is 2.55. The van der Waals surface area contributed by atoms with Gasteiger partial charge in [-0.05, 0) is 25.7 Å². The number of imide groups is 1. The van der Waals surface area contributed by atoms with Crippen LogP contribution in [0.1, 0.15) is 39.5 Å². The molecule has 0 radical (unpaired) electrons. The lowest BCUT2D eigenvalue weighted by Gasteiger charge is -2.12. The SMILES string of the molecule is CCCC1CC1NC1CC(=O)N(CC)C1=O. The van der Waals surface area contributed by atoms with Crippen molar-refractivity contribution in [3.05, 3.63) is 0 Å². The average molecular weight is 224 g/mol. The van der Waals surface area contributed by atoms with E-state index in [2.05, 4.69) is 12.2 Å². The fraction of sp³-hybridized carbons (Fsp3) is 0.833. The Hall–Kier alpha value is -0.900. The topological polar surface area (TPSA) is 49.4 Å². The van der Waals surface area contributed by atoms with Crippen molar-refractivity contribution >= 4 is 11.8 Å². The first-order chi connectivity index (χ1) is 7.67. The van der Waals surface area contributed by atoms with Gasteiger partial charge in [-0.2, -0.15) is 0 Å². The third-order valence-electron chi connectivity index (χ3n) is 3.56. The monoisotopic (exact) mass is 224 g/mol. The van der Waals surface area contributed by atoms with Crippen molar-refractivity contribution in [2.75, 3.05) is 6.54 Å². The number of nitrogens with zero attached hydrogens (tertiary/aromatic N) is 1. The van der Waals surface area contributed by atoms with Crippen LogP contribution in [0.15, 0.2) is 0 Å². The third kappa shape index (κ3) is 2.12. The minimum absolute atomic E-state index is 0.0299. The molecular weight excluding hydrogens is 204 g/mol. The molecule has 0 aromatic heterocycles. The van der Waals surface area contributed by atoms with E-state index >= 15 is 0 Å². The quantitative estimate of drug-likeness (QED) is 0.706. The van der Waals surface area contributed by atoms with Crippen LogP contribution in [0.2, 0.25) is 0 Å². The van der Waals surface area contributed by atoms with Gasteiger partial charge in [0.2, 0.25) is 11.8 Å². The zero-order valence-corrected chi connectivity index (χ0v) is 10.0. The van der Waals surface area contributed by atoms with Crippen molar-refractivity contribution in [3.8, 4) is 0 Å². The van der Waals surface area contributed by atoms with E-state index in [4.69, 9.17) is 0 Å². The molecule has 1 aliphatic heterocycles. The number of hydrogen-bond acceptors (Lipinski definition) is 3. The number of hydrogen-bond donors (Lipinski definition) is 1. The molecule has 1 aliphatic carbocycles. The second-order valence-electron chi connectivity index (χ2n) is 4.79. The van der Waals surface area contributed by atoms with E-state index in [0.717, 1.165) is 12.3 Å². The van der Waals surface area contributed by atoms with E-state index < -0.39 is 0 Å². The minimum Gasteiger partial charge on any atom is -0.302 e. The highest BCUT2D eigenvalue weighted by Crippen LogP contribution is 2.35. The summed E-state index contributed by atoms with van der Waals surface area (Å²) < 4.78 is 0. The summed E-state index contributed by atoms with van der Waals surface area (Å²) in [5.41, 5.74) is 0. The predicted octanol–water partition coefficient (Wildman–Crippen LogP) is 0.912. The van der Waals surface area contributed by atoms with Gasteiger partial charge in [-0.25, -0.2) is 0 Å². The molecule has 0 aromatic carbocycles. The van der Waals surface area contributed by atoms with Crippen LogP contribution in [0.25, 0.3) is 0 Å². The highest BCUT2D eigenvalue weighted by Gasteiger charge is 2.43. The number of carbonyl (C=O) groups excluding carboxylic acids is 2. The van der Waals surface area contributed by atoms with Crippen LogP contribution in [0.3, 0.4) is 0 Å². The zero-order chi connectivity index (χ0) is 11.7. The molecular formula is C12H20N2O2. The third-order valence-corrected chi connectivity index (χ3v) is 3.56. The van der Waals surface area contributed by atoms with E-state index in [0.29, 0.717) is 19.0 Å². The largest absolute Gasteiger partial charge is 0.302 e. The summed E-state index contributed by atoms with van der Waals surface area (Å²) in [4.78, 5) is 24.7. The summed E-state index contributed by atoms with van der Waals surface area (Å²) in [5.74, 6) is 0.663. The summed E-state index contributed by atoms with van der Waals surface area (Å²) in [7, 11) is 0. The van der Waals surface area contributed by atoms with Crippen LogP contribution in [-0.4, -0.2) is 35.3 Å². The van der Waals surface area contributed by atoms with E-state index in [-0.39, 0.29) is 17.9 Å². The van der Waals surface area contributed by atoms with Crippen LogP contribution < -0.4 is 5.32 Å². The van der Waals surface area contributed by atoms with Gasteiger partial charge in [0.25, 0.3) is 0 Å². The number of amides is 2. The molecule has 1 saturated carbocycles. The Bertz CT molecular complexity index is 303. The smallest absolute Gasteiger partial charge is 0.246 e. The summed E-state index contributed by atoms with van der Waals surface area (Å²) in [6.45, 7) is 4.52. The van der Waals surface area contributed by atoms with Crippen molar-refractivity contribution < 1.29 is 9.59 Å². The van der Waals surface area contributed by atoms with E-state index in [1.807, 2.05) is 6.92 Å². The van der Waals surface area contributed by atoms with Gasteiger partial charge in [0.15, 0.2) is 0 Å². The van der Waals surface area contributed by atoms with E-state index in [1.54, 1.807) is 0 Å². The number of nitrogens with one attached hydrogen (secondary N) is 1. The molecule has 1 N–H and O–H groups in total. The van der Waals surface area contributed by atoms with Gasteiger partial charge in [-0.15, -0.1) is 0 Å². The summed E-state index contributed by atoms with van der Waals surface area (Å²) >= 11 is 0. The highest BCUT2D eigenvalue weighted by atomic mass is 16.2. The number of rotatable bonds is 5. The van der Waals surface area contributed by atoms with Gasteiger partial charge in [-0.3, -0.25) is 14.5 Å². The molecule has 0 bridgehead atoms. The highest BCUT2D eigenvalue weighted by molar-refractivity contribution is 6.05. The normalized spacial score (nSPS) is 33.6. The standard InChI is InChI=1S/C12H20N2O2/c1-3-5-8-6-9(8)13-10-7-11(15)14(4-2)12(10)16/h8-10,13H,3-7H2,1-2H3. The average Bonchev–Trinajstić information content (AvgIpc) is 2.90. The second-order valence-corrected chi connectivity index (χ2v) is 4.79. The van der Waals surface area contributed by atoms with Gasteiger partial charge in [-0.1, -0.05) is 13.3 Å². The molecule has 2 aliphatic rings. The van der Waals surface area contributed by atoms with Crippen LogP contribution in [-0.2, 0) is 9.59 Å². The van der Waals surface area contributed by atoms with E-state index in [1.165, 1.54) is 17.7 Å². The van der Waals surface area contributed by atoms with Gasteiger partial charge < -0.3 is 5.32 Å². The second kappa shape index (κ2) is 4.53. The maximum atomic E-state index is 11.8. The molecule has 1 heterocycles. The van der Waals surface area contributed by atoms with Crippen molar-refractivity contribution in [2.45, 2.75) is 51.6 Å². The molecule has 2 amide bonds. The first-order valence-corrected chi connectivity index (χ1v) is 6.27. The number of carbonyl (C=O) groups is 2. The van der Waals surface area contributed by atoms with Gasteiger partial charge in [0, 0.05) is 12.6 Å². The summed E-state index contributed by atoms with van der Waals surface area (Å²) in [6.07, 6.45) is 3.94. The molecule has 4 nitrogen and oxygen atoms in total. The Labute approximate surface area is 96.4 Å². The van der Waals surface area contributed by atoms with Crippen molar-refractivity contribution in [2.24, 2.45) is 5.92 Å². The Kier molecular flexibility index (Phi) is 3.28. The lowest BCUT2D eigenvalue weighted by molar-refractivity contribution is -0.138. The van der Waals surface area contributed by atoms with Crippen LogP contribution >= 0.6 is 0 Å². The first-order valence-electron chi connectivity index (χ1n) is 6.27. The van der Waals surface area contributed by atoms with Crippen molar-refractivity contribution in [3.63, 3.8) is 0 Å². The minimum atomic E-state index is -0.251. The number of likely N-dealkylation sites (N-methyl/N-ethyl adjacent to an activating group) is 1. The first kappa shape index (κ1) is 11.6. The Morgan fingerprint density at radius 1 is 1.38 bits per heavy atom. The molecule has 1 saturated heterocycles. The predicted molar refractivity (Wildman–Crippen MR) is 60.7 cm³/mol. The molecule has 0 spiro atoms. The van der Waals surface area contributed by atoms with E-state index in [9.17, 15) is 9.59 Å². The van der Waals surface area contributed by atoms with Crippen molar-refractivity contribution in [1.82, 2.24) is 10.2 Å². The summed E-state index contributed by atoms with van der Waals surface area (Å²) in [5, 5.41) is 3.32. The molecule has 4 heteroatoms. The molecule has 90 valence electrons. The van der Waals surface area contributed by atoms with Gasteiger partial charge in [0.1, 0.15) is 0 Å². The zero-order valence-electron chi connectivity index (χ0n) is 10.0. The molecule has 2 fully saturated rings. The molecule has 3 unspecified atom stereocenters. The maximum Gasteiger partial charge on any atom is 0.246 e. The summed E-state index contributed by atoms with van der Waals surface area (Å²) in [6, 6.07) is 0.220. The Morgan fingerprint density at radius 3 is 2.69 bits per heavy atom. The van der Waals surface area contributed by atoms with Crippen LogP contribution in [0.5, 0.6) is 0 Å². The van der Waals surface area contributed by atoms with Crippen LogP contribution in [0.4, 0.5) is 0 Å². The molecule has 16 heavy (non-hydrogen) atoms.